The van der Waals surface area contributed by atoms with Crippen LogP contribution in [0.15, 0.2) is 0 Å². The van der Waals surface area contributed by atoms with Crippen molar-refractivity contribution in [3.8, 4) is 0 Å². The lowest BCUT2D eigenvalue weighted by Gasteiger charge is -2.27. The van der Waals surface area contributed by atoms with E-state index in [0.29, 0.717) is 0 Å². The van der Waals surface area contributed by atoms with Gasteiger partial charge in [0.05, 0.1) is 27.7 Å². The summed E-state index contributed by atoms with van der Waals surface area (Å²) in [6, 6.07) is 0.881. The molecular weight excluding hydrogens is 262 g/mol. The molecule has 16 heavy (non-hydrogen) atoms. The molecule has 0 heterocycles. The van der Waals surface area contributed by atoms with Crippen LogP contribution in [-0.2, 0) is 13.3 Å². The highest BCUT2D eigenvalue weighted by molar-refractivity contribution is 6.60. The van der Waals surface area contributed by atoms with Crippen LogP contribution in [0.3, 0.4) is 0 Å². The van der Waals surface area contributed by atoms with Crippen LogP contribution in [0, 0.1) is 0 Å². The van der Waals surface area contributed by atoms with Crippen LogP contribution in [0.2, 0.25) is 6.04 Å². The highest BCUT2D eigenvalue weighted by Gasteiger charge is 2.37. The Balaban J connectivity index is -0.000000845. The van der Waals surface area contributed by atoms with Gasteiger partial charge in [0.25, 0.3) is 0 Å². The van der Waals surface area contributed by atoms with Crippen LogP contribution in [0.25, 0.3) is 0 Å². The summed E-state index contributed by atoms with van der Waals surface area (Å²) >= 11 is 0. The van der Waals surface area contributed by atoms with Gasteiger partial charge in [0.1, 0.15) is 0 Å². The third-order valence-corrected chi connectivity index (χ3v) is 5.08. The third-order valence-electron chi connectivity index (χ3n) is 2.24. The van der Waals surface area contributed by atoms with Crippen molar-refractivity contribution >= 4 is 19.8 Å². The third kappa shape index (κ3) is 8.69. The molecule has 0 saturated carbocycles. The monoisotopic (exact) mass is 289 g/mol. The molecule has 0 bridgehead atoms. The zero-order chi connectivity index (χ0) is 11.2. The summed E-state index contributed by atoms with van der Waals surface area (Å²) in [4.78, 5) is 0. The van der Waals surface area contributed by atoms with Crippen molar-refractivity contribution in [2.75, 3.05) is 49.0 Å². The molecule has 0 aliphatic heterocycles. The first-order valence-electron chi connectivity index (χ1n) is 4.85. The van der Waals surface area contributed by atoms with E-state index in [1.165, 1.54) is 0 Å². The molecule has 4 nitrogen and oxygen atoms in total. The maximum Gasteiger partial charge on any atom is 0.500 e. The molecule has 0 aliphatic rings. The maximum absolute atomic E-state index is 5.34. The maximum atomic E-state index is 5.34. The van der Waals surface area contributed by atoms with Gasteiger partial charge in [-0.2, -0.15) is 0 Å². The van der Waals surface area contributed by atoms with E-state index in [4.69, 9.17) is 13.3 Å². The van der Waals surface area contributed by atoms with E-state index in [-0.39, 0.29) is 23.4 Å². The summed E-state index contributed by atoms with van der Waals surface area (Å²) in [7, 11) is 9.18. The highest BCUT2D eigenvalue weighted by atomic mass is 35.5. The molecular formula is C9H28ClNO3Si2. The number of nitrogens with zero attached hydrogens (tertiary/aromatic N) is 1. The zero-order valence-electron chi connectivity index (χ0n) is 10.7. The Kier molecular flexibility index (Phi) is 13.1. The fourth-order valence-electron chi connectivity index (χ4n) is 1.33. The lowest BCUT2D eigenvalue weighted by molar-refractivity contribution is -0.870. The molecule has 0 aromatic rings. The van der Waals surface area contributed by atoms with Crippen LogP contribution < -0.4 is 12.4 Å². The second-order valence-corrected chi connectivity index (χ2v) is 7.50. The lowest BCUT2D eigenvalue weighted by atomic mass is 10.4. The van der Waals surface area contributed by atoms with Crippen LogP contribution in [0.5, 0.6) is 0 Å². The quantitative estimate of drug-likeness (QED) is 0.360. The Morgan fingerprint density at radius 3 is 1.56 bits per heavy atom. The van der Waals surface area contributed by atoms with Crippen molar-refractivity contribution in [1.82, 2.24) is 0 Å². The molecule has 0 unspecified atom stereocenters. The van der Waals surface area contributed by atoms with Crippen molar-refractivity contribution in [3.05, 3.63) is 0 Å². The number of hydrogen-bond donors (Lipinski definition) is 0. The van der Waals surface area contributed by atoms with Crippen LogP contribution >= 0.6 is 0 Å². The first kappa shape index (κ1) is 21.8. The van der Waals surface area contributed by atoms with Gasteiger partial charge < -0.3 is 30.2 Å². The van der Waals surface area contributed by atoms with E-state index < -0.39 is 8.80 Å². The molecule has 0 aromatic heterocycles. The average molecular weight is 290 g/mol. The molecule has 0 rings (SSSR count). The van der Waals surface area contributed by atoms with E-state index in [1.807, 2.05) is 0 Å². The van der Waals surface area contributed by atoms with Crippen molar-refractivity contribution in [1.29, 1.82) is 0 Å². The Bertz CT molecular complexity index is 155. The zero-order valence-corrected chi connectivity index (χ0v) is 12.4. The van der Waals surface area contributed by atoms with E-state index in [0.717, 1.165) is 23.5 Å². The van der Waals surface area contributed by atoms with E-state index >= 15 is 0 Å². The van der Waals surface area contributed by atoms with Crippen molar-refractivity contribution in [2.24, 2.45) is 0 Å². The van der Waals surface area contributed by atoms with Gasteiger partial charge in [-0.15, -0.1) is 0 Å². The van der Waals surface area contributed by atoms with E-state index in [9.17, 15) is 0 Å². The Morgan fingerprint density at radius 2 is 1.31 bits per heavy atom. The van der Waals surface area contributed by atoms with Crippen molar-refractivity contribution in [3.63, 3.8) is 0 Å². The minimum Gasteiger partial charge on any atom is -1.00 e. The van der Waals surface area contributed by atoms with Gasteiger partial charge in [-0.3, -0.25) is 0 Å². The molecule has 0 aliphatic carbocycles. The predicted octanol–water partition coefficient (Wildman–Crippen LogP) is -3.49. The topological polar surface area (TPSA) is 27.7 Å². The molecule has 0 N–H and O–H groups in total. The second kappa shape index (κ2) is 9.58. The Morgan fingerprint density at radius 1 is 0.938 bits per heavy atom. The number of rotatable bonds is 7. The molecule has 0 aromatic carbocycles. The van der Waals surface area contributed by atoms with Gasteiger partial charge in [0.2, 0.25) is 0 Å². The van der Waals surface area contributed by atoms with Crippen LogP contribution in [0.1, 0.15) is 6.42 Å². The Labute approximate surface area is 112 Å². The highest BCUT2D eigenvalue weighted by Crippen LogP contribution is 2.15. The summed E-state index contributed by atoms with van der Waals surface area (Å²) in [6.07, 6.45) is 1.06. The summed E-state index contributed by atoms with van der Waals surface area (Å²) in [5, 5.41) is 0. The largest absolute Gasteiger partial charge is 1.00 e. The standard InChI is InChI=1S/C9H24NO3Si.ClH.H4Si/c1-10(2,3)8-7-9-14(11-4,12-5)13-6;;/h7-9H2,1-6H3;1H;1H4/q+1;;/p-1. The Hall–Kier alpha value is 0.564. The fraction of sp³-hybridized carbons (Fsp3) is 1.00. The molecule has 7 heteroatoms. The molecule has 0 atom stereocenters. The molecule has 0 saturated heterocycles. The summed E-state index contributed by atoms with van der Waals surface area (Å²) in [5.74, 6) is 0. The fourth-order valence-corrected chi connectivity index (χ4v) is 3.03. The molecule has 0 fully saturated rings. The number of quaternary nitrogens is 1. The summed E-state index contributed by atoms with van der Waals surface area (Å²) in [5.41, 5.74) is 0. The SMILES string of the molecule is CO[Si](CCC[N+](C)(C)C)(OC)OC.[Cl-].[SiH4]. The second-order valence-electron chi connectivity index (χ2n) is 4.41. The number of halogens is 1. The molecule has 0 amide bonds. The van der Waals surface area contributed by atoms with Gasteiger partial charge in [-0.05, 0) is 11.0 Å². The van der Waals surface area contributed by atoms with E-state index in [2.05, 4.69) is 21.1 Å². The van der Waals surface area contributed by atoms with Crippen LogP contribution in [0.4, 0.5) is 0 Å². The smallest absolute Gasteiger partial charge is 0.500 e. The lowest BCUT2D eigenvalue weighted by Crippen LogP contribution is -3.00. The van der Waals surface area contributed by atoms with Crippen LogP contribution in [-0.4, -0.2) is 73.3 Å². The first-order valence-corrected chi connectivity index (χ1v) is 6.78. The average Bonchev–Trinajstić information content (AvgIpc) is 2.11. The predicted molar refractivity (Wildman–Crippen MR) is 70.4 cm³/mol. The van der Waals surface area contributed by atoms with Gasteiger partial charge in [0.15, 0.2) is 0 Å². The minimum absolute atomic E-state index is 0. The van der Waals surface area contributed by atoms with Crippen molar-refractivity contribution < 1.29 is 30.2 Å². The number of hydrogen-bond acceptors (Lipinski definition) is 3. The van der Waals surface area contributed by atoms with Gasteiger partial charge in [-0.25, -0.2) is 0 Å². The van der Waals surface area contributed by atoms with E-state index in [1.54, 1.807) is 21.3 Å². The van der Waals surface area contributed by atoms with Crippen molar-refractivity contribution in [2.45, 2.75) is 12.5 Å². The molecule has 0 radical (unpaired) electrons. The normalized spacial score (nSPS) is 11.6. The van der Waals surface area contributed by atoms with Gasteiger partial charge in [-0.1, -0.05) is 0 Å². The summed E-state index contributed by atoms with van der Waals surface area (Å²) < 4.78 is 17.0. The first-order chi connectivity index (χ1) is 6.39. The molecule has 102 valence electrons. The summed E-state index contributed by atoms with van der Waals surface area (Å²) in [6.45, 7) is 1.10. The minimum atomic E-state index is -2.33. The molecule has 0 spiro atoms. The van der Waals surface area contributed by atoms with Gasteiger partial charge >= 0.3 is 8.80 Å². The van der Waals surface area contributed by atoms with Gasteiger partial charge in [0, 0.05) is 33.8 Å².